The maximum absolute atomic E-state index is 11.9. The van der Waals surface area contributed by atoms with Gasteiger partial charge in [0.2, 0.25) is 0 Å². The number of carbonyl (C=O) groups is 1. The van der Waals surface area contributed by atoms with Crippen LogP contribution < -0.4 is 10.5 Å². The molecule has 1 heterocycles. The molecule has 0 aromatic heterocycles. The van der Waals surface area contributed by atoms with Crippen molar-refractivity contribution in [2.24, 2.45) is 0 Å². The van der Waals surface area contributed by atoms with E-state index >= 15 is 0 Å². The van der Waals surface area contributed by atoms with Crippen molar-refractivity contribution in [3.05, 3.63) is 23.8 Å². The average Bonchev–Trinajstić information content (AvgIpc) is 2.20. The Morgan fingerprint density at radius 1 is 1.53 bits per heavy atom. The highest BCUT2D eigenvalue weighted by Gasteiger charge is 2.34. The zero-order valence-corrected chi connectivity index (χ0v) is 9.04. The predicted octanol–water partition coefficient (Wildman–Crippen LogP) is 2.40. The van der Waals surface area contributed by atoms with E-state index in [4.69, 9.17) is 10.5 Å². The molecule has 2 rings (SSSR count). The number of nitrogens with two attached hydrogens (primary N) is 1. The van der Waals surface area contributed by atoms with Crippen LogP contribution in [-0.2, 0) is 0 Å². The van der Waals surface area contributed by atoms with E-state index in [0.29, 0.717) is 23.4 Å². The maximum Gasteiger partial charge on any atom is 0.170 e. The van der Waals surface area contributed by atoms with E-state index in [1.54, 1.807) is 18.2 Å². The first-order valence-corrected chi connectivity index (χ1v) is 5.16. The van der Waals surface area contributed by atoms with Gasteiger partial charge in [-0.3, -0.25) is 4.79 Å². The van der Waals surface area contributed by atoms with Gasteiger partial charge in [0, 0.05) is 5.69 Å². The van der Waals surface area contributed by atoms with Gasteiger partial charge in [-0.1, -0.05) is 6.92 Å². The zero-order valence-electron chi connectivity index (χ0n) is 9.04. The molecule has 2 N–H and O–H groups in total. The molecule has 1 aromatic rings. The summed E-state index contributed by atoms with van der Waals surface area (Å²) >= 11 is 0. The highest BCUT2D eigenvalue weighted by Crippen LogP contribution is 2.35. The topological polar surface area (TPSA) is 52.3 Å². The molecule has 0 fully saturated rings. The fourth-order valence-corrected chi connectivity index (χ4v) is 1.79. The summed E-state index contributed by atoms with van der Waals surface area (Å²) in [4.78, 5) is 11.9. The number of benzene rings is 1. The van der Waals surface area contributed by atoms with Crippen LogP contribution in [0.1, 0.15) is 37.0 Å². The summed E-state index contributed by atoms with van der Waals surface area (Å²) in [5.74, 6) is 0.776. The van der Waals surface area contributed by atoms with Gasteiger partial charge in [0.25, 0.3) is 0 Å². The van der Waals surface area contributed by atoms with Crippen molar-refractivity contribution in [3.8, 4) is 5.75 Å². The molecule has 0 amide bonds. The van der Waals surface area contributed by atoms with Crippen molar-refractivity contribution < 1.29 is 9.53 Å². The van der Waals surface area contributed by atoms with E-state index in [1.807, 2.05) is 13.8 Å². The summed E-state index contributed by atoms with van der Waals surface area (Å²) in [6, 6.07) is 5.22. The number of nitrogen functional groups attached to an aromatic ring is 1. The number of carbonyl (C=O) groups excluding carboxylic acids is 1. The molecule has 1 aromatic carbocycles. The molecule has 3 nitrogen and oxygen atoms in total. The van der Waals surface area contributed by atoms with Crippen LogP contribution >= 0.6 is 0 Å². The van der Waals surface area contributed by atoms with Crippen LogP contribution in [0.5, 0.6) is 5.75 Å². The van der Waals surface area contributed by atoms with Gasteiger partial charge in [-0.25, -0.2) is 0 Å². The molecular weight excluding hydrogens is 190 g/mol. The highest BCUT2D eigenvalue weighted by molar-refractivity contribution is 6.01. The molecule has 3 heteroatoms. The first-order valence-electron chi connectivity index (χ1n) is 5.16. The second-order valence-corrected chi connectivity index (χ2v) is 4.26. The highest BCUT2D eigenvalue weighted by atomic mass is 16.5. The lowest BCUT2D eigenvalue weighted by atomic mass is 9.89. The summed E-state index contributed by atoms with van der Waals surface area (Å²) in [6.45, 7) is 3.99. The molecule has 0 unspecified atom stereocenters. The third-order valence-electron chi connectivity index (χ3n) is 2.94. The van der Waals surface area contributed by atoms with Gasteiger partial charge in [-0.15, -0.1) is 0 Å². The van der Waals surface area contributed by atoms with Crippen LogP contribution in [-0.4, -0.2) is 11.4 Å². The Morgan fingerprint density at radius 3 is 2.93 bits per heavy atom. The monoisotopic (exact) mass is 205 g/mol. The molecule has 0 saturated carbocycles. The number of hydrogen-bond acceptors (Lipinski definition) is 3. The predicted molar refractivity (Wildman–Crippen MR) is 59.1 cm³/mol. The van der Waals surface area contributed by atoms with Crippen molar-refractivity contribution in [3.63, 3.8) is 0 Å². The van der Waals surface area contributed by atoms with Crippen molar-refractivity contribution >= 4 is 11.5 Å². The number of Topliss-reactive ketones (excluding diaryl/α,β-unsaturated/α-hetero) is 1. The Labute approximate surface area is 89.2 Å². The maximum atomic E-state index is 11.9. The minimum atomic E-state index is -0.361. The Hall–Kier alpha value is -1.51. The Kier molecular flexibility index (Phi) is 2.18. The molecule has 0 saturated heterocycles. The van der Waals surface area contributed by atoms with Gasteiger partial charge in [0.15, 0.2) is 5.78 Å². The van der Waals surface area contributed by atoms with Crippen LogP contribution in [0.4, 0.5) is 5.69 Å². The summed E-state index contributed by atoms with van der Waals surface area (Å²) in [5, 5.41) is 0. The van der Waals surface area contributed by atoms with Crippen LogP contribution in [0, 0.1) is 0 Å². The van der Waals surface area contributed by atoms with Crippen molar-refractivity contribution in [1.29, 1.82) is 0 Å². The fraction of sp³-hybridized carbons (Fsp3) is 0.417. The fourth-order valence-electron chi connectivity index (χ4n) is 1.79. The number of anilines is 1. The lowest BCUT2D eigenvalue weighted by Gasteiger charge is -2.34. The Bertz CT molecular complexity index is 414. The van der Waals surface area contributed by atoms with Crippen LogP contribution in [0.2, 0.25) is 0 Å². The molecule has 0 radical (unpaired) electrons. The number of ether oxygens (including phenoxy) is 1. The van der Waals surface area contributed by atoms with E-state index in [-0.39, 0.29) is 11.4 Å². The summed E-state index contributed by atoms with van der Waals surface area (Å²) < 4.78 is 5.82. The largest absolute Gasteiger partial charge is 0.486 e. The SMILES string of the molecule is CC[C@]1(C)CC(=O)c2cc(N)ccc2O1. The van der Waals surface area contributed by atoms with E-state index in [0.717, 1.165) is 6.42 Å². The molecule has 15 heavy (non-hydrogen) atoms. The number of fused-ring (bicyclic) bond motifs is 1. The smallest absolute Gasteiger partial charge is 0.170 e. The van der Waals surface area contributed by atoms with Gasteiger partial charge < -0.3 is 10.5 Å². The van der Waals surface area contributed by atoms with Crippen molar-refractivity contribution in [2.75, 3.05) is 5.73 Å². The minimum absolute atomic E-state index is 0.118. The van der Waals surface area contributed by atoms with Crippen LogP contribution in [0.3, 0.4) is 0 Å². The first-order chi connectivity index (χ1) is 7.04. The van der Waals surface area contributed by atoms with Gasteiger partial charge in [-0.05, 0) is 31.5 Å². The van der Waals surface area contributed by atoms with Crippen LogP contribution in [0.15, 0.2) is 18.2 Å². The van der Waals surface area contributed by atoms with Gasteiger partial charge >= 0.3 is 0 Å². The van der Waals surface area contributed by atoms with E-state index in [9.17, 15) is 4.79 Å². The van der Waals surface area contributed by atoms with Crippen molar-refractivity contribution in [2.45, 2.75) is 32.3 Å². The summed E-state index contributed by atoms with van der Waals surface area (Å²) in [5.41, 5.74) is 6.49. The lowest BCUT2D eigenvalue weighted by Crippen LogP contribution is -2.38. The van der Waals surface area contributed by atoms with Gasteiger partial charge in [0.05, 0.1) is 12.0 Å². The van der Waals surface area contributed by atoms with Gasteiger partial charge in [0.1, 0.15) is 11.4 Å². The van der Waals surface area contributed by atoms with Crippen molar-refractivity contribution in [1.82, 2.24) is 0 Å². The molecule has 1 atom stereocenters. The average molecular weight is 205 g/mol. The molecule has 80 valence electrons. The minimum Gasteiger partial charge on any atom is -0.486 e. The second kappa shape index (κ2) is 3.26. The molecule has 1 aliphatic rings. The summed E-state index contributed by atoms with van der Waals surface area (Å²) in [6.07, 6.45) is 1.25. The molecule has 0 bridgehead atoms. The Morgan fingerprint density at radius 2 is 2.27 bits per heavy atom. The van der Waals surface area contributed by atoms with Gasteiger partial charge in [-0.2, -0.15) is 0 Å². The standard InChI is InChI=1S/C12H15NO2/c1-3-12(2)7-10(14)9-6-8(13)4-5-11(9)15-12/h4-6H,3,7,13H2,1-2H3/t12-/m1/s1. The van der Waals surface area contributed by atoms with Crippen LogP contribution in [0.25, 0.3) is 0 Å². The number of rotatable bonds is 1. The quantitative estimate of drug-likeness (QED) is 0.716. The summed E-state index contributed by atoms with van der Waals surface area (Å²) in [7, 11) is 0. The molecule has 1 aliphatic heterocycles. The normalized spacial score (nSPS) is 24.5. The first kappa shape index (κ1) is 10.0. The third kappa shape index (κ3) is 1.69. The zero-order chi connectivity index (χ0) is 11.1. The third-order valence-corrected chi connectivity index (χ3v) is 2.94. The Balaban J connectivity index is 2.45. The molecular formula is C12H15NO2. The van der Waals surface area contributed by atoms with E-state index in [2.05, 4.69) is 0 Å². The van der Waals surface area contributed by atoms with E-state index in [1.165, 1.54) is 0 Å². The lowest BCUT2D eigenvalue weighted by molar-refractivity contribution is 0.0499. The number of hydrogen-bond donors (Lipinski definition) is 1. The molecule has 0 spiro atoms. The second-order valence-electron chi connectivity index (χ2n) is 4.26. The van der Waals surface area contributed by atoms with E-state index < -0.39 is 0 Å². The number of ketones is 1. The molecule has 0 aliphatic carbocycles.